The molecule has 1 aliphatic rings. The number of ether oxygens (including phenoxy) is 1. The number of halogens is 5. The lowest BCUT2D eigenvalue weighted by molar-refractivity contribution is -0.184. The Bertz CT molecular complexity index is 591. The summed E-state index contributed by atoms with van der Waals surface area (Å²) in [5.41, 5.74) is 0.177. The van der Waals surface area contributed by atoms with Crippen molar-refractivity contribution in [2.75, 3.05) is 32.7 Å². The van der Waals surface area contributed by atoms with Gasteiger partial charge in [-0.25, -0.2) is 0 Å². The average Bonchev–Trinajstić information content (AvgIpc) is 2.56. The molecule has 1 amide bonds. The monoisotopic (exact) mass is 381 g/mol. The van der Waals surface area contributed by atoms with Crippen molar-refractivity contribution < 1.29 is 31.5 Å². The highest BCUT2D eigenvalue weighted by molar-refractivity contribution is 5.79. The average molecular weight is 381 g/mol. The first-order valence-electron chi connectivity index (χ1n) is 8.08. The summed E-state index contributed by atoms with van der Waals surface area (Å²) < 4.78 is 68.9. The normalized spacial score (nSPS) is 17.2. The summed E-state index contributed by atoms with van der Waals surface area (Å²) in [5, 5.41) is 5.22. The number of nitrogens with one attached hydrogen (secondary N) is 2. The first kappa shape index (κ1) is 20.4. The number of amides is 1. The van der Waals surface area contributed by atoms with Gasteiger partial charge in [0.25, 0.3) is 0 Å². The molecule has 1 aromatic carbocycles. The van der Waals surface area contributed by atoms with Crippen molar-refractivity contribution in [1.29, 1.82) is 0 Å². The van der Waals surface area contributed by atoms with Gasteiger partial charge < -0.3 is 15.4 Å². The number of alkyl halides is 5. The van der Waals surface area contributed by atoms with E-state index in [2.05, 4.69) is 15.4 Å². The number of nitrogens with zero attached hydrogens (tertiary/aromatic N) is 1. The van der Waals surface area contributed by atoms with Crippen LogP contribution < -0.4 is 15.4 Å². The van der Waals surface area contributed by atoms with Gasteiger partial charge in [0, 0.05) is 38.3 Å². The highest BCUT2D eigenvalue weighted by atomic mass is 19.4. The van der Waals surface area contributed by atoms with Gasteiger partial charge in [0.15, 0.2) is 0 Å². The van der Waals surface area contributed by atoms with Crippen molar-refractivity contribution in [2.24, 2.45) is 0 Å². The minimum absolute atomic E-state index is 0.174. The van der Waals surface area contributed by atoms with E-state index in [9.17, 15) is 26.7 Å². The summed E-state index contributed by atoms with van der Waals surface area (Å²) in [6.45, 7) is -2.31. The number of piperazine rings is 1. The molecule has 0 aromatic heterocycles. The highest BCUT2D eigenvalue weighted by Crippen LogP contribution is 2.25. The zero-order valence-corrected chi connectivity index (χ0v) is 13.9. The molecule has 1 saturated heterocycles. The molecule has 5 nitrogen and oxygen atoms in total. The number of carbonyl (C=O) groups excluding carboxylic acids is 1. The third-order valence-electron chi connectivity index (χ3n) is 4.00. The van der Waals surface area contributed by atoms with Crippen molar-refractivity contribution in [2.45, 2.75) is 25.3 Å². The Labute approximate surface area is 147 Å². The van der Waals surface area contributed by atoms with E-state index in [1.54, 1.807) is 0 Å². The molecule has 1 heterocycles. The van der Waals surface area contributed by atoms with Crippen LogP contribution in [-0.2, 0) is 11.2 Å². The van der Waals surface area contributed by atoms with E-state index in [4.69, 9.17) is 0 Å². The zero-order valence-electron chi connectivity index (χ0n) is 13.9. The molecule has 1 aromatic rings. The van der Waals surface area contributed by atoms with Crippen LogP contribution in [0, 0.1) is 0 Å². The Balaban J connectivity index is 1.96. The second kappa shape index (κ2) is 9.13. The Morgan fingerprint density at radius 2 is 1.88 bits per heavy atom. The molecular formula is C16H20F5N3O2. The number of carbonyl (C=O) groups is 1. The summed E-state index contributed by atoms with van der Waals surface area (Å²) >= 11 is 0. The van der Waals surface area contributed by atoms with Gasteiger partial charge in [-0.15, -0.1) is 0 Å². The van der Waals surface area contributed by atoms with Crippen LogP contribution in [0.3, 0.4) is 0 Å². The largest absolute Gasteiger partial charge is 0.435 e. The van der Waals surface area contributed by atoms with Gasteiger partial charge in [-0.2, -0.15) is 22.0 Å². The van der Waals surface area contributed by atoms with Crippen molar-refractivity contribution >= 4 is 5.91 Å². The van der Waals surface area contributed by atoms with Gasteiger partial charge in [0.05, 0.1) is 6.42 Å². The van der Waals surface area contributed by atoms with Crippen LogP contribution >= 0.6 is 0 Å². The van der Waals surface area contributed by atoms with Crippen LogP contribution in [0.1, 0.15) is 5.56 Å². The number of rotatable bonds is 7. The number of hydrogen-bond acceptors (Lipinski definition) is 4. The van der Waals surface area contributed by atoms with E-state index >= 15 is 0 Å². The number of hydrogen-bond donors (Lipinski definition) is 2. The Kier molecular flexibility index (Phi) is 7.15. The lowest BCUT2D eigenvalue weighted by atomic mass is 10.1. The maximum Gasteiger partial charge on any atom is 0.405 e. The third-order valence-corrected chi connectivity index (χ3v) is 4.00. The van der Waals surface area contributed by atoms with Crippen LogP contribution in [0.15, 0.2) is 24.3 Å². The quantitative estimate of drug-likeness (QED) is 0.707. The molecule has 2 rings (SSSR count). The fourth-order valence-electron chi connectivity index (χ4n) is 2.75. The van der Waals surface area contributed by atoms with Crippen molar-refractivity contribution in [3.63, 3.8) is 0 Å². The molecule has 0 spiro atoms. The molecule has 0 saturated carbocycles. The van der Waals surface area contributed by atoms with Gasteiger partial charge in [0.2, 0.25) is 5.91 Å². The Morgan fingerprint density at radius 3 is 2.50 bits per heavy atom. The Hall–Kier alpha value is -1.94. The number of benzene rings is 1. The van der Waals surface area contributed by atoms with E-state index in [1.165, 1.54) is 29.2 Å². The van der Waals surface area contributed by atoms with E-state index in [-0.39, 0.29) is 30.8 Å². The molecule has 1 fully saturated rings. The molecule has 0 radical (unpaired) electrons. The molecule has 1 atom stereocenters. The van der Waals surface area contributed by atoms with E-state index in [0.29, 0.717) is 13.1 Å². The second-order valence-corrected chi connectivity index (χ2v) is 5.81. The van der Waals surface area contributed by atoms with Gasteiger partial charge in [0.1, 0.15) is 11.8 Å². The summed E-state index contributed by atoms with van der Waals surface area (Å²) in [4.78, 5) is 13.3. The molecule has 2 N–H and O–H groups in total. The third kappa shape index (κ3) is 6.10. The second-order valence-electron chi connectivity index (χ2n) is 5.81. The van der Waals surface area contributed by atoms with E-state index < -0.39 is 31.3 Å². The van der Waals surface area contributed by atoms with Crippen LogP contribution in [0.5, 0.6) is 5.75 Å². The molecule has 0 aliphatic carbocycles. The van der Waals surface area contributed by atoms with Crippen molar-refractivity contribution in [3.05, 3.63) is 29.8 Å². The molecule has 1 aliphatic heterocycles. The van der Waals surface area contributed by atoms with Crippen LogP contribution in [0.2, 0.25) is 0 Å². The maximum absolute atomic E-state index is 13.3. The predicted octanol–water partition coefficient (Wildman–Crippen LogP) is 1.78. The molecule has 146 valence electrons. The number of para-hydroxylation sites is 1. The standard InChI is InChI=1S/C16H20F5N3O2/c17-15(18)26-12-4-2-1-3-11(12)9-14(25)23-10-13(16(19,20)21)24-7-5-22-6-8-24/h1-4,13,15,22H,5-10H2,(H,23,25). The fraction of sp³-hybridized carbons (Fsp3) is 0.562. The summed E-state index contributed by atoms with van der Waals surface area (Å²) in [5.74, 6) is -0.869. The van der Waals surface area contributed by atoms with E-state index in [1.807, 2.05) is 0 Å². The molecule has 10 heteroatoms. The lowest BCUT2D eigenvalue weighted by Gasteiger charge is -2.35. The van der Waals surface area contributed by atoms with Crippen molar-refractivity contribution in [3.8, 4) is 5.75 Å². The topological polar surface area (TPSA) is 53.6 Å². The van der Waals surface area contributed by atoms with Gasteiger partial charge >= 0.3 is 12.8 Å². The summed E-state index contributed by atoms with van der Waals surface area (Å²) in [6.07, 6.45) is -4.84. The maximum atomic E-state index is 13.3. The smallest absolute Gasteiger partial charge is 0.405 e. The first-order valence-corrected chi connectivity index (χ1v) is 8.08. The summed E-state index contributed by atoms with van der Waals surface area (Å²) in [6, 6.07) is 3.88. The molecular weight excluding hydrogens is 361 g/mol. The zero-order chi connectivity index (χ0) is 19.2. The van der Waals surface area contributed by atoms with Gasteiger partial charge in [-0.3, -0.25) is 9.69 Å². The fourth-order valence-corrected chi connectivity index (χ4v) is 2.75. The lowest BCUT2D eigenvalue weighted by Crippen LogP contribution is -2.57. The first-order chi connectivity index (χ1) is 12.3. The van der Waals surface area contributed by atoms with Crippen LogP contribution in [-0.4, -0.2) is 62.4 Å². The minimum atomic E-state index is -4.48. The molecule has 1 unspecified atom stereocenters. The SMILES string of the molecule is O=C(Cc1ccccc1OC(F)F)NCC(N1CCNCC1)C(F)(F)F. The van der Waals surface area contributed by atoms with Crippen molar-refractivity contribution in [1.82, 2.24) is 15.5 Å². The highest BCUT2D eigenvalue weighted by Gasteiger charge is 2.43. The molecule has 0 bridgehead atoms. The van der Waals surface area contributed by atoms with Crippen LogP contribution in [0.4, 0.5) is 22.0 Å². The Morgan fingerprint density at radius 1 is 1.23 bits per heavy atom. The minimum Gasteiger partial charge on any atom is -0.435 e. The van der Waals surface area contributed by atoms with Crippen LogP contribution in [0.25, 0.3) is 0 Å². The predicted molar refractivity (Wildman–Crippen MR) is 84.1 cm³/mol. The van der Waals surface area contributed by atoms with Gasteiger partial charge in [-0.1, -0.05) is 18.2 Å². The summed E-state index contributed by atoms with van der Waals surface area (Å²) in [7, 11) is 0. The van der Waals surface area contributed by atoms with E-state index in [0.717, 1.165) is 0 Å². The molecule has 26 heavy (non-hydrogen) atoms. The van der Waals surface area contributed by atoms with Gasteiger partial charge in [-0.05, 0) is 6.07 Å².